The quantitative estimate of drug-likeness (QED) is 0.562. The number of hydrogen-bond donors (Lipinski definition) is 1. The summed E-state index contributed by atoms with van der Waals surface area (Å²) in [4.78, 5) is 12.8. The van der Waals surface area contributed by atoms with E-state index >= 15 is 0 Å². The van der Waals surface area contributed by atoms with Crippen molar-refractivity contribution in [3.63, 3.8) is 0 Å². The first-order valence-electron chi connectivity index (χ1n) is 6.96. The number of carbonyl (C=O) groups excluding carboxylic acids is 1. The number of benzene rings is 1. The molecule has 0 spiro atoms. The molecule has 3 aromatic heterocycles. The summed E-state index contributed by atoms with van der Waals surface area (Å²) in [5, 5.41) is 16.1. The van der Waals surface area contributed by atoms with Gasteiger partial charge in [-0.25, -0.2) is 0 Å². The molecule has 1 aromatic carbocycles. The van der Waals surface area contributed by atoms with Crippen molar-refractivity contribution in [1.29, 1.82) is 0 Å². The Bertz CT molecular complexity index is 1030. The van der Waals surface area contributed by atoms with Gasteiger partial charge in [-0.15, -0.1) is 10.2 Å². The number of nitrogens with zero attached hydrogens (tertiary/aromatic N) is 4. The lowest BCUT2D eigenvalue weighted by Gasteiger charge is -2.03. The SMILES string of the molecule is Cc1nnc2sc(-c3ccc(NC(=O)c4ccc(Br)o4)cc3)nn12. The fourth-order valence-electron chi connectivity index (χ4n) is 2.16. The highest BCUT2D eigenvalue weighted by Crippen LogP contribution is 2.26. The van der Waals surface area contributed by atoms with E-state index in [0.717, 1.165) is 21.4 Å². The van der Waals surface area contributed by atoms with Crippen LogP contribution in [-0.2, 0) is 0 Å². The second kappa shape index (κ2) is 5.84. The van der Waals surface area contributed by atoms with E-state index in [0.29, 0.717) is 10.4 Å². The van der Waals surface area contributed by atoms with Crippen LogP contribution in [0, 0.1) is 6.92 Å². The maximum absolute atomic E-state index is 12.0. The number of aromatic nitrogens is 4. The lowest BCUT2D eigenvalue weighted by molar-refractivity contribution is 0.0995. The van der Waals surface area contributed by atoms with Gasteiger partial charge in [0.25, 0.3) is 5.91 Å². The minimum absolute atomic E-state index is 0.245. The summed E-state index contributed by atoms with van der Waals surface area (Å²) in [7, 11) is 0. The molecule has 7 nitrogen and oxygen atoms in total. The zero-order valence-electron chi connectivity index (χ0n) is 12.4. The molecule has 9 heteroatoms. The van der Waals surface area contributed by atoms with E-state index in [1.54, 1.807) is 16.6 Å². The van der Waals surface area contributed by atoms with Gasteiger partial charge in [0.2, 0.25) is 4.96 Å². The average Bonchev–Trinajstić information content (AvgIpc) is 3.26. The topological polar surface area (TPSA) is 85.3 Å². The van der Waals surface area contributed by atoms with Crippen LogP contribution in [-0.4, -0.2) is 25.7 Å². The zero-order valence-corrected chi connectivity index (χ0v) is 14.8. The van der Waals surface area contributed by atoms with Crippen LogP contribution in [0.2, 0.25) is 0 Å². The molecule has 4 aromatic rings. The van der Waals surface area contributed by atoms with E-state index in [-0.39, 0.29) is 11.7 Å². The predicted octanol–water partition coefficient (Wildman–Crippen LogP) is 3.77. The van der Waals surface area contributed by atoms with Gasteiger partial charge in [-0.1, -0.05) is 11.3 Å². The van der Waals surface area contributed by atoms with Gasteiger partial charge < -0.3 is 9.73 Å². The van der Waals surface area contributed by atoms with E-state index in [4.69, 9.17) is 4.42 Å². The van der Waals surface area contributed by atoms with Crippen LogP contribution in [0.3, 0.4) is 0 Å². The number of aryl methyl sites for hydroxylation is 1. The van der Waals surface area contributed by atoms with Crippen molar-refractivity contribution in [1.82, 2.24) is 19.8 Å². The largest absolute Gasteiger partial charge is 0.444 e. The van der Waals surface area contributed by atoms with Gasteiger partial charge in [0, 0.05) is 11.3 Å². The summed E-state index contributed by atoms with van der Waals surface area (Å²) >= 11 is 4.63. The summed E-state index contributed by atoms with van der Waals surface area (Å²) in [5.41, 5.74) is 1.62. The lowest BCUT2D eigenvalue weighted by Crippen LogP contribution is -2.10. The van der Waals surface area contributed by atoms with Gasteiger partial charge in [-0.2, -0.15) is 9.61 Å². The third kappa shape index (κ3) is 2.72. The number of halogens is 1. The van der Waals surface area contributed by atoms with Crippen molar-refractivity contribution in [3.05, 3.63) is 52.7 Å². The van der Waals surface area contributed by atoms with Gasteiger partial charge in [-0.05, 0) is 59.3 Å². The number of hydrogen-bond acceptors (Lipinski definition) is 6. The molecule has 0 atom stereocenters. The Hall–Kier alpha value is -2.52. The second-order valence-corrected chi connectivity index (χ2v) is 6.72. The second-order valence-electron chi connectivity index (χ2n) is 4.98. The number of rotatable bonds is 3. The Labute approximate surface area is 148 Å². The van der Waals surface area contributed by atoms with Crippen LogP contribution in [0.5, 0.6) is 0 Å². The predicted molar refractivity (Wildman–Crippen MR) is 93.2 cm³/mol. The van der Waals surface area contributed by atoms with Crippen LogP contribution in [0.15, 0.2) is 45.5 Å². The fourth-order valence-corrected chi connectivity index (χ4v) is 3.35. The monoisotopic (exact) mass is 403 g/mol. The van der Waals surface area contributed by atoms with E-state index in [2.05, 4.69) is 36.5 Å². The molecule has 0 unspecified atom stereocenters. The molecule has 0 saturated carbocycles. The van der Waals surface area contributed by atoms with Crippen LogP contribution < -0.4 is 5.32 Å². The van der Waals surface area contributed by atoms with Gasteiger partial charge in [0.15, 0.2) is 16.3 Å². The van der Waals surface area contributed by atoms with Crippen molar-refractivity contribution in [2.24, 2.45) is 0 Å². The molecule has 0 fully saturated rings. The van der Waals surface area contributed by atoms with E-state index < -0.39 is 0 Å². The standard InChI is InChI=1S/C15H10BrN5O2S/c1-8-18-19-15-21(8)20-14(24-15)9-2-4-10(5-3-9)17-13(22)11-6-7-12(16)23-11/h2-7H,1H3,(H,17,22). The molecule has 1 amide bonds. The van der Waals surface area contributed by atoms with Crippen molar-refractivity contribution in [3.8, 4) is 10.6 Å². The summed E-state index contributed by atoms with van der Waals surface area (Å²) in [6.07, 6.45) is 0. The summed E-state index contributed by atoms with van der Waals surface area (Å²) in [5.74, 6) is 0.693. The Morgan fingerprint density at radius 2 is 2.00 bits per heavy atom. The van der Waals surface area contributed by atoms with Crippen molar-refractivity contribution in [2.45, 2.75) is 6.92 Å². The van der Waals surface area contributed by atoms with E-state index in [9.17, 15) is 4.79 Å². The molecule has 1 N–H and O–H groups in total. The summed E-state index contributed by atoms with van der Waals surface area (Å²) in [6.45, 7) is 1.86. The molecule has 120 valence electrons. The molecule has 0 bridgehead atoms. The van der Waals surface area contributed by atoms with Crippen molar-refractivity contribution >= 4 is 43.8 Å². The number of amides is 1. The minimum atomic E-state index is -0.303. The van der Waals surface area contributed by atoms with Crippen LogP contribution in [0.1, 0.15) is 16.4 Å². The molecule has 0 aliphatic heterocycles. The molecule has 0 aliphatic carbocycles. The zero-order chi connectivity index (χ0) is 16.7. The Morgan fingerprint density at radius 3 is 2.67 bits per heavy atom. The summed E-state index contributed by atoms with van der Waals surface area (Å²) < 4.78 is 7.46. The smallest absolute Gasteiger partial charge is 0.291 e. The third-order valence-corrected chi connectivity index (χ3v) is 4.71. The molecule has 3 heterocycles. The third-order valence-electron chi connectivity index (χ3n) is 3.33. The maximum atomic E-state index is 12.0. The highest BCUT2D eigenvalue weighted by Gasteiger charge is 2.12. The Kier molecular flexibility index (Phi) is 3.66. The first kappa shape index (κ1) is 15.0. The maximum Gasteiger partial charge on any atom is 0.291 e. The van der Waals surface area contributed by atoms with Gasteiger partial charge in [0.1, 0.15) is 5.01 Å². The Balaban J connectivity index is 1.54. The number of carbonyl (C=O) groups is 1. The lowest BCUT2D eigenvalue weighted by atomic mass is 10.2. The van der Waals surface area contributed by atoms with E-state index in [1.807, 2.05) is 31.2 Å². The van der Waals surface area contributed by atoms with Crippen LogP contribution >= 0.6 is 27.3 Å². The molecule has 0 saturated heterocycles. The number of furan rings is 1. The normalized spacial score (nSPS) is 11.1. The van der Waals surface area contributed by atoms with Crippen LogP contribution in [0.4, 0.5) is 5.69 Å². The molecule has 0 aliphatic rings. The fraction of sp³-hybridized carbons (Fsp3) is 0.0667. The molecule has 24 heavy (non-hydrogen) atoms. The number of fused-ring (bicyclic) bond motifs is 1. The molecule has 0 radical (unpaired) electrons. The molecule has 4 rings (SSSR count). The first-order chi connectivity index (χ1) is 11.6. The average molecular weight is 404 g/mol. The van der Waals surface area contributed by atoms with Gasteiger partial charge in [-0.3, -0.25) is 4.79 Å². The highest BCUT2D eigenvalue weighted by atomic mass is 79.9. The van der Waals surface area contributed by atoms with Gasteiger partial charge >= 0.3 is 0 Å². The highest BCUT2D eigenvalue weighted by molar-refractivity contribution is 9.10. The first-order valence-corrected chi connectivity index (χ1v) is 8.57. The van der Waals surface area contributed by atoms with Crippen molar-refractivity contribution in [2.75, 3.05) is 5.32 Å². The number of nitrogens with one attached hydrogen (secondary N) is 1. The Morgan fingerprint density at radius 1 is 1.21 bits per heavy atom. The molecular formula is C15H10BrN5O2S. The number of anilines is 1. The van der Waals surface area contributed by atoms with Crippen molar-refractivity contribution < 1.29 is 9.21 Å². The van der Waals surface area contributed by atoms with Gasteiger partial charge in [0.05, 0.1) is 0 Å². The van der Waals surface area contributed by atoms with E-state index in [1.165, 1.54) is 11.3 Å². The molecular weight excluding hydrogens is 394 g/mol. The van der Waals surface area contributed by atoms with Crippen LogP contribution in [0.25, 0.3) is 15.5 Å². The minimum Gasteiger partial charge on any atom is -0.444 e. The summed E-state index contributed by atoms with van der Waals surface area (Å²) in [6, 6.07) is 10.7.